The lowest BCUT2D eigenvalue weighted by atomic mass is 9.96. The number of aromatic nitrogens is 1. The van der Waals surface area contributed by atoms with Crippen molar-refractivity contribution in [2.75, 3.05) is 5.32 Å². The van der Waals surface area contributed by atoms with Crippen molar-refractivity contribution in [3.63, 3.8) is 0 Å². The van der Waals surface area contributed by atoms with Gasteiger partial charge in [0.05, 0.1) is 16.1 Å². The van der Waals surface area contributed by atoms with Gasteiger partial charge in [0, 0.05) is 6.20 Å². The first-order valence-corrected chi connectivity index (χ1v) is 6.55. The Labute approximate surface area is 126 Å². The number of carboxylic acids is 1. The summed E-state index contributed by atoms with van der Waals surface area (Å²) in [6.07, 6.45) is 1.49. The maximum Gasteiger partial charge on any atom is 0.336 e. The average Bonchev–Trinajstić information content (AvgIpc) is 2.43. The van der Waals surface area contributed by atoms with Crippen molar-refractivity contribution < 1.29 is 14.7 Å². The van der Waals surface area contributed by atoms with Gasteiger partial charge >= 0.3 is 5.97 Å². The first-order chi connectivity index (χ1) is 9.91. The topological polar surface area (TPSA) is 79.3 Å². The molecule has 108 valence electrons. The molecule has 1 heterocycles. The van der Waals surface area contributed by atoms with Gasteiger partial charge < -0.3 is 10.4 Å². The number of carbonyl (C=O) groups is 2. The van der Waals surface area contributed by atoms with Crippen LogP contribution in [0.4, 0.5) is 5.82 Å². The highest BCUT2D eigenvalue weighted by Crippen LogP contribution is 2.22. The molecule has 1 amide bonds. The van der Waals surface area contributed by atoms with Crippen LogP contribution in [-0.4, -0.2) is 22.0 Å². The van der Waals surface area contributed by atoms with E-state index in [0.717, 1.165) is 0 Å². The Morgan fingerprint density at radius 3 is 2.33 bits per heavy atom. The lowest BCUT2D eigenvalue weighted by molar-refractivity contribution is 0.0691. The van der Waals surface area contributed by atoms with Gasteiger partial charge in [-0.2, -0.15) is 0 Å². The van der Waals surface area contributed by atoms with Crippen LogP contribution >= 0.6 is 11.6 Å². The lowest BCUT2D eigenvalue weighted by Gasteiger charge is -2.12. The quantitative estimate of drug-likeness (QED) is 0.912. The van der Waals surface area contributed by atoms with E-state index in [4.69, 9.17) is 11.6 Å². The highest BCUT2D eigenvalue weighted by Gasteiger charge is 2.22. The summed E-state index contributed by atoms with van der Waals surface area (Å²) in [5.74, 6) is -1.50. The van der Waals surface area contributed by atoms with Crippen LogP contribution in [0.1, 0.15) is 31.8 Å². The van der Waals surface area contributed by atoms with Crippen molar-refractivity contribution in [2.24, 2.45) is 0 Å². The molecule has 0 unspecified atom stereocenters. The molecule has 2 rings (SSSR count). The maximum absolute atomic E-state index is 12.4. The Morgan fingerprint density at radius 1 is 1.14 bits per heavy atom. The Balaban J connectivity index is 2.47. The van der Waals surface area contributed by atoms with Crippen LogP contribution in [-0.2, 0) is 0 Å². The SMILES string of the molecule is Cc1ccc(C)c(C(=O)Nc2ncccc2Cl)c1C(=O)O. The predicted molar refractivity (Wildman–Crippen MR) is 80.1 cm³/mol. The maximum atomic E-state index is 12.4. The van der Waals surface area contributed by atoms with Gasteiger partial charge in [0.2, 0.25) is 0 Å². The van der Waals surface area contributed by atoms with Crippen LogP contribution in [0, 0.1) is 13.8 Å². The standard InChI is InChI=1S/C15H13ClN2O3/c1-8-5-6-9(2)12(15(20)21)11(8)14(19)18-13-10(16)4-3-7-17-13/h3-7H,1-2H3,(H,20,21)(H,17,18,19). The first-order valence-electron chi connectivity index (χ1n) is 6.17. The van der Waals surface area contributed by atoms with Crippen molar-refractivity contribution in [3.05, 3.63) is 57.7 Å². The van der Waals surface area contributed by atoms with E-state index in [1.165, 1.54) is 6.20 Å². The van der Waals surface area contributed by atoms with Gasteiger partial charge in [0.1, 0.15) is 0 Å². The molecule has 0 atom stereocenters. The molecule has 1 aromatic carbocycles. The summed E-state index contributed by atoms with van der Waals surface area (Å²) < 4.78 is 0. The number of rotatable bonds is 3. The Kier molecular flexibility index (Phi) is 4.23. The minimum absolute atomic E-state index is 0.0143. The number of aromatic carboxylic acids is 1. The van der Waals surface area contributed by atoms with Crippen LogP contribution in [0.25, 0.3) is 0 Å². The lowest BCUT2D eigenvalue weighted by Crippen LogP contribution is -2.19. The summed E-state index contributed by atoms with van der Waals surface area (Å²) in [7, 11) is 0. The fourth-order valence-electron chi connectivity index (χ4n) is 2.03. The number of anilines is 1. The zero-order valence-electron chi connectivity index (χ0n) is 11.5. The Morgan fingerprint density at radius 2 is 1.76 bits per heavy atom. The number of amides is 1. The molecule has 2 aromatic rings. The summed E-state index contributed by atoms with van der Waals surface area (Å²) in [5, 5.41) is 12.1. The van der Waals surface area contributed by atoms with Gasteiger partial charge in [-0.3, -0.25) is 4.79 Å². The molecule has 0 aliphatic carbocycles. The molecule has 21 heavy (non-hydrogen) atoms. The first kappa shape index (κ1) is 15.0. The average molecular weight is 305 g/mol. The fourth-order valence-corrected chi connectivity index (χ4v) is 2.20. The van der Waals surface area contributed by atoms with E-state index < -0.39 is 11.9 Å². The Bertz CT molecular complexity index is 729. The molecule has 6 heteroatoms. The van der Waals surface area contributed by atoms with Crippen molar-refractivity contribution in [1.82, 2.24) is 4.98 Å². The Hall–Kier alpha value is -2.40. The summed E-state index contributed by atoms with van der Waals surface area (Å²) in [6, 6.07) is 6.60. The number of pyridine rings is 1. The predicted octanol–water partition coefficient (Wildman–Crippen LogP) is 3.30. The summed E-state index contributed by atoms with van der Waals surface area (Å²) in [5.41, 5.74) is 1.19. The monoisotopic (exact) mass is 304 g/mol. The van der Waals surface area contributed by atoms with Crippen molar-refractivity contribution in [3.8, 4) is 0 Å². The van der Waals surface area contributed by atoms with E-state index in [1.54, 1.807) is 38.1 Å². The molecular weight excluding hydrogens is 292 g/mol. The van der Waals surface area contributed by atoms with Crippen molar-refractivity contribution in [2.45, 2.75) is 13.8 Å². The second kappa shape index (κ2) is 5.93. The smallest absolute Gasteiger partial charge is 0.336 e. The van der Waals surface area contributed by atoms with Gasteiger partial charge in [-0.1, -0.05) is 23.7 Å². The van der Waals surface area contributed by atoms with Crippen molar-refractivity contribution in [1.29, 1.82) is 0 Å². The highest BCUT2D eigenvalue weighted by atomic mass is 35.5. The largest absolute Gasteiger partial charge is 0.478 e. The van der Waals surface area contributed by atoms with E-state index >= 15 is 0 Å². The van der Waals surface area contributed by atoms with E-state index in [1.807, 2.05) is 0 Å². The fraction of sp³-hybridized carbons (Fsp3) is 0.133. The highest BCUT2D eigenvalue weighted by molar-refractivity contribution is 6.33. The molecule has 0 bridgehead atoms. The molecule has 5 nitrogen and oxygen atoms in total. The van der Waals surface area contributed by atoms with Gasteiger partial charge in [-0.15, -0.1) is 0 Å². The number of halogens is 1. The molecule has 0 aliphatic heterocycles. The summed E-state index contributed by atoms with van der Waals surface area (Å²) in [4.78, 5) is 27.7. The number of nitrogens with one attached hydrogen (secondary N) is 1. The van der Waals surface area contributed by atoms with Gasteiger partial charge in [0.15, 0.2) is 5.82 Å². The van der Waals surface area contributed by atoms with Crippen LogP contribution in [0.5, 0.6) is 0 Å². The van der Waals surface area contributed by atoms with Gasteiger partial charge in [0.25, 0.3) is 5.91 Å². The molecule has 1 aromatic heterocycles. The van der Waals surface area contributed by atoms with Crippen LogP contribution in [0.2, 0.25) is 5.02 Å². The third kappa shape index (κ3) is 3.03. The molecular formula is C15H13ClN2O3. The number of aryl methyl sites for hydroxylation is 2. The minimum Gasteiger partial charge on any atom is -0.478 e. The molecule has 0 aliphatic rings. The number of benzene rings is 1. The summed E-state index contributed by atoms with van der Waals surface area (Å²) in [6.45, 7) is 3.33. The molecule has 0 spiro atoms. The third-order valence-corrected chi connectivity index (χ3v) is 3.36. The van der Waals surface area contributed by atoms with E-state index in [-0.39, 0.29) is 22.0 Å². The number of carbonyl (C=O) groups excluding carboxylic acids is 1. The number of nitrogens with zero attached hydrogens (tertiary/aromatic N) is 1. The second-order valence-electron chi connectivity index (χ2n) is 4.54. The van der Waals surface area contributed by atoms with E-state index in [9.17, 15) is 14.7 Å². The third-order valence-electron chi connectivity index (χ3n) is 3.05. The second-order valence-corrected chi connectivity index (χ2v) is 4.95. The minimum atomic E-state index is -1.14. The summed E-state index contributed by atoms with van der Waals surface area (Å²) >= 11 is 5.94. The van der Waals surface area contributed by atoms with Gasteiger partial charge in [-0.05, 0) is 37.1 Å². The molecule has 0 saturated heterocycles. The molecule has 0 saturated carbocycles. The molecule has 0 radical (unpaired) electrons. The normalized spacial score (nSPS) is 10.2. The van der Waals surface area contributed by atoms with Crippen LogP contribution < -0.4 is 5.32 Å². The number of hydrogen-bond donors (Lipinski definition) is 2. The number of carboxylic acid groups (broad SMARTS) is 1. The molecule has 0 fully saturated rings. The molecule has 2 N–H and O–H groups in total. The zero-order chi connectivity index (χ0) is 15.6. The van der Waals surface area contributed by atoms with E-state index in [0.29, 0.717) is 11.1 Å². The van der Waals surface area contributed by atoms with Crippen LogP contribution in [0.3, 0.4) is 0 Å². The van der Waals surface area contributed by atoms with Gasteiger partial charge in [-0.25, -0.2) is 9.78 Å². The van der Waals surface area contributed by atoms with Crippen LogP contribution in [0.15, 0.2) is 30.5 Å². The van der Waals surface area contributed by atoms with Crippen molar-refractivity contribution >= 4 is 29.3 Å². The zero-order valence-corrected chi connectivity index (χ0v) is 12.2. The van der Waals surface area contributed by atoms with E-state index in [2.05, 4.69) is 10.3 Å². The number of hydrogen-bond acceptors (Lipinski definition) is 3.